The van der Waals surface area contributed by atoms with Crippen molar-refractivity contribution in [2.24, 2.45) is 11.8 Å². The van der Waals surface area contributed by atoms with Crippen LogP contribution in [0.3, 0.4) is 0 Å². The van der Waals surface area contributed by atoms with Gasteiger partial charge in [0.05, 0.1) is 23.2 Å². The molecule has 4 rings (SSSR count). The van der Waals surface area contributed by atoms with Crippen LogP contribution in [-0.2, 0) is 30.3 Å². The first-order chi connectivity index (χ1) is 22.2. The number of H-pyrrole nitrogens is 1. The molecule has 1 aliphatic heterocycles. The first kappa shape index (κ1) is 39.2. The largest absolute Gasteiger partial charge is 0.508 e. The molecule has 3 amide bonds. The van der Waals surface area contributed by atoms with Gasteiger partial charge in [-0.15, -0.1) is 0 Å². The molecule has 1 aliphatic rings. The Morgan fingerprint density at radius 3 is 2.29 bits per heavy atom. The molecule has 2 aromatic carbocycles. The Hall–Kier alpha value is -3.20. The summed E-state index contributed by atoms with van der Waals surface area (Å²) in [5.41, 5.74) is 3.29. The van der Waals surface area contributed by atoms with Crippen molar-refractivity contribution < 1.29 is 29.0 Å². The van der Waals surface area contributed by atoms with Gasteiger partial charge in [0.15, 0.2) is 0 Å². The number of likely N-dealkylation sites (N-methyl/N-ethyl adjacent to an activating group) is 1. The van der Waals surface area contributed by atoms with E-state index < -0.39 is 42.0 Å². The van der Waals surface area contributed by atoms with E-state index in [1.54, 1.807) is 26.1 Å². The summed E-state index contributed by atoms with van der Waals surface area (Å²) in [6.07, 6.45) is 2.76. The zero-order valence-electron chi connectivity index (χ0n) is 28.3. The number of hydrogen-bond donors (Lipinski definition) is 4. The second-order valence-electron chi connectivity index (χ2n) is 12.9. The van der Waals surface area contributed by atoms with Crippen LogP contribution in [0.2, 0.25) is 0 Å². The fraction of sp³-hybridized carbons (Fsp3) is 0.444. The van der Waals surface area contributed by atoms with Crippen molar-refractivity contribution in [1.82, 2.24) is 20.5 Å². The molecule has 4 N–H and O–H groups in total. The van der Waals surface area contributed by atoms with Crippen molar-refractivity contribution in [3.63, 3.8) is 0 Å². The van der Waals surface area contributed by atoms with E-state index in [4.69, 9.17) is 4.74 Å². The van der Waals surface area contributed by atoms with Crippen molar-refractivity contribution in [3.05, 3.63) is 75.9 Å². The molecular weight excluding hydrogens is 872 g/mol. The van der Waals surface area contributed by atoms with E-state index in [0.717, 1.165) is 22.0 Å². The number of nitrogens with one attached hydrogen (secondary N) is 3. The predicted octanol–water partition coefficient (Wildman–Crippen LogP) is 5.32. The van der Waals surface area contributed by atoms with E-state index in [-0.39, 0.29) is 63.6 Å². The third kappa shape index (κ3) is 10.2. The topological polar surface area (TPSA) is 141 Å². The number of carbonyl (C=O) groups is 4. The van der Waals surface area contributed by atoms with Gasteiger partial charge in [0.1, 0.15) is 17.8 Å². The van der Waals surface area contributed by atoms with Crippen LogP contribution in [0.1, 0.15) is 71.0 Å². The average molecular weight is 917 g/mol. The Balaban J connectivity index is 0.00000625. The molecule has 0 saturated heterocycles. The number of phenolic OH excluding ortho intramolecular Hbond substituents is 1. The standard InChI is InChI=1S/C36H45BrN4O6.Pb/c1-20-15-21(2)17-23(4)47-32(43)19-30(25-11-13-26(42)14-12-25)40-35(45)31(18-28-27-9-7-8-10-29(27)39-33(28)37)41(6)36(46)24(5)38-34(44)22(3)16-20;/h7-15,21-24,30-31,39,42H,16-19H2,1-6H3,(H,38,44)(H,40,45);/b20-15+;/t21-,22-,23-,24-,30+,31+;/m0./s1. The van der Waals surface area contributed by atoms with Crippen LogP contribution in [-0.4, -0.2) is 91.2 Å². The van der Waals surface area contributed by atoms with Gasteiger partial charge in [-0.1, -0.05) is 55.8 Å². The maximum Gasteiger partial charge on any atom is 0.308 e. The van der Waals surface area contributed by atoms with Gasteiger partial charge in [0, 0.05) is 57.6 Å². The summed E-state index contributed by atoms with van der Waals surface area (Å²) in [7, 11) is 1.55. The maximum atomic E-state index is 14.3. The molecule has 1 aromatic heterocycles. The molecule has 10 nitrogen and oxygen atoms in total. The van der Waals surface area contributed by atoms with Gasteiger partial charge in [-0.25, -0.2) is 0 Å². The van der Waals surface area contributed by atoms with Crippen LogP contribution < -0.4 is 10.6 Å². The Morgan fingerprint density at radius 2 is 1.60 bits per heavy atom. The number of hydrogen-bond acceptors (Lipinski definition) is 6. The third-order valence-corrected chi connectivity index (χ3v) is 9.35. The number of aromatic hydroxyl groups is 1. The molecule has 0 unspecified atom stereocenters. The van der Waals surface area contributed by atoms with Crippen molar-refractivity contribution >= 4 is 77.8 Å². The average Bonchev–Trinajstić information content (AvgIpc) is 3.32. The Bertz CT molecular complexity index is 1640. The van der Waals surface area contributed by atoms with Crippen LogP contribution >= 0.6 is 15.9 Å². The van der Waals surface area contributed by atoms with Gasteiger partial charge in [-0.05, 0) is 84.8 Å². The quantitative estimate of drug-likeness (QED) is 0.160. The monoisotopic (exact) mass is 916 g/mol. The SMILES string of the molecule is C/C1=C\[C@H](C)C[C@H](C)OC(=O)C[C@H](c2ccc(O)cc2)NC(=O)[C@@H](Cc2c(Br)[nH]c3ccccc23)N(C)C(=O)[C@H](C)NC(=O)[C@@H](C)C1.[Pb]. The zero-order chi connectivity index (χ0) is 34.4. The van der Waals surface area contributed by atoms with Crippen molar-refractivity contribution in [2.45, 2.75) is 84.5 Å². The number of cyclic esters (lactones) is 1. The fourth-order valence-electron chi connectivity index (χ4n) is 6.28. The van der Waals surface area contributed by atoms with Crippen LogP contribution in [0.25, 0.3) is 10.9 Å². The van der Waals surface area contributed by atoms with E-state index in [9.17, 15) is 24.3 Å². The Labute approximate surface area is 310 Å². The number of aromatic amines is 1. The molecule has 6 atom stereocenters. The molecule has 0 fully saturated rings. The predicted molar refractivity (Wildman–Crippen MR) is 190 cm³/mol. The van der Waals surface area contributed by atoms with Gasteiger partial charge >= 0.3 is 5.97 Å². The summed E-state index contributed by atoms with van der Waals surface area (Å²) in [5.74, 6) is -1.93. The van der Waals surface area contributed by atoms with Gasteiger partial charge in [0.2, 0.25) is 17.7 Å². The van der Waals surface area contributed by atoms with Crippen molar-refractivity contribution in [2.75, 3.05) is 7.05 Å². The van der Waals surface area contributed by atoms with Crippen molar-refractivity contribution in [3.8, 4) is 5.75 Å². The van der Waals surface area contributed by atoms with Crippen LogP contribution in [0.4, 0.5) is 0 Å². The molecule has 3 aromatic rings. The number of amides is 3. The number of fused-ring (bicyclic) bond motifs is 1. The summed E-state index contributed by atoms with van der Waals surface area (Å²) >= 11 is 3.60. The summed E-state index contributed by atoms with van der Waals surface area (Å²) in [6, 6.07) is 11.2. The number of aromatic nitrogens is 1. The molecular formula is C36H45BrN4O6Pb. The number of carbonyl (C=O) groups excluding carboxylic acids is 4. The summed E-state index contributed by atoms with van der Waals surface area (Å²) in [5, 5.41) is 16.7. The van der Waals surface area contributed by atoms with E-state index >= 15 is 0 Å². The van der Waals surface area contributed by atoms with Gasteiger partial charge in [0.25, 0.3) is 0 Å². The molecule has 12 heteroatoms. The smallest absolute Gasteiger partial charge is 0.308 e. The minimum Gasteiger partial charge on any atom is -0.508 e. The zero-order valence-corrected chi connectivity index (χ0v) is 33.8. The minimum atomic E-state index is -1.02. The molecule has 0 bridgehead atoms. The molecule has 0 aliphatic carbocycles. The number of nitrogens with zero attached hydrogens (tertiary/aromatic N) is 1. The van der Waals surface area contributed by atoms with E-state index in [1.807, 2.05) is 52.0 Å². The van der Waals surface area contributed by atoms with Gasteiger partial charge < -0.3 is 30.4 Å². The molecule has 0 spiro atoms. The maximum absolute atomic E-state index is 14.3. The van der Waals surface area contributed by atoms with E-state index in [0.29, 0.717) is 23.0 Å². The first-order valence-electron chi connectivity index (χ1n) is 16.0. The molecule has 48 heavy (non-hydrogen) atoms. The normalized spacial score (nSPS) is 26.6. The number of ether oxygens (including phenoxy) is 1. The second-order valence-corrected chi connectivity index (χ2v) is 13.6. The Morgan fingerprint density at radius 1 is 0.938 bits per heavy atom. The van der Waals surface area contributed by atoms with Gasteiger partial charge in [-0.2, -0.15) is 0 Å². The van der Waals surface area contributed by atoms with Gasteiger partial charge in [-0.3, -0.25) is 19.2 Å². The number of para-hydroxylation sites is 1. The number of esters is 1. The number of benzene rings is 2. The number of phenols is 1. The summed E-state index contributed by atoms with van der Waals surface area (Å²) in [4.78, 5) is 59.2. The molecule has 2 heterocycles. The fourth-order valence-corrected chi connectivity index (χ4v) is 6.87. The van der Waals surface area contributed by atoms with Crippen LogP contribution in [0.15, 0.2) is 64.8 Å². The second kappa shape index (κ2) is 17.5. The number of halogens is 1. The number of allylic oxidation sites excluding steroid dienone is 2. The number of rotatable bonds is 3. The van der Waals surface area contributed by atoms with E-state index in [1.165, 1.54) is 17.0 Å². The first-order valence-corrected chi connectivity index (χ1v) is 16.8. The molecule has 0 saturated carbocycles. The molecule has 256 valence electrons. The van der Waals surface area contributed by atoms with Crippen molar-refractivity contribution in [1.29, 1.82) is 0 Å². The summed E-state index contributed by atoms with van der Waals surface area (Å²) < 4.78 is 6.47. The minimum absolute atomic E-state index is 0. The third-order valence-electron chi connectivity index (χ3n) is 8.67. The van der Waals surface area contributed by atoms with Crippen LogP contribution in [0, 0.1) is 11.8 Å². The Kier molecular flexibility index (Phi) is 14.3. The van der Waals surface area contributed by atoms with Crippen LogP contribution in [0.5, 0.6) is 5.75 Å². The van der Waals surface area contributed by atoms with E-state index in [2.05, 4.69) is 37.6 Å². The molecule has 4 radical (unpaired) electrons. The summed E-state index contributed by atoms with van der Waals surface area (Å²) in [6.45, 7) is 9.27.